The van der Waals surface area contributed by atoms with E-state index in [1.807, 2.05) is 36.5 Å². The van der Waals surface area contributed by atoms with Crippen LogP contribution in [0.5, 0.6) is 0 Å². The Balaban J connectivity index is 1.51. The molecule has 5 aromatic rings. The number of anilines is 1. The average Bonchev–Trinajstić information content (AvgIpc) is 3.15. The number of aryl methyl sites for hydroxylation is 1. The Labute approximate surface area is 172 Å². The van der Waals surface area contributed by atoms with Gasteiger partial charge in [-0.2, -0.15) is 0 Å². The quantitative estimate of drug-likeness (QED) is 0.436. The molecule has 0 aliphatic rings. The summed E-state index contributed by atoms with van der Waals surface area (Å²) >= 11 is 6.06. The molecule has 3 heterocycles. The van der Waals surface area contributed by atoms with Crippen molar-refractivity contribution in [3.05, 3.63) is 77.6 Å². The van der Waals surface area contributed by atoms with E-state index in [0.29, 0.717) is 11.6 Å². The number of halogens is 1. The van der Waals surface area contributed by atoms with Crippen molar-refractivity contribution >= 4 is 39.4 Å². The molecule has 5 rings (SSSR count). The topological polar surface area (TPSA) is 79.4 Å². The van der Waals surface area contributed by atoms with E-state index in [2.05, 4.69) is 49.3 Å². The number of aromatic nitrogens is 5. The number of imidazole rings is 1. The molecule has 0 aliphatic carbocycles. The normalized spacial score (nSPS) is 11.2. The Kier molecular flexibility index (Phi) is 4.33. The first kappa shape index (κ1) is 17.6. The summed E-state index contributed by atoms with van der Waals surface area (Å²) < 4.78 is 0. The van der Waals surface area contributed by atoms with Gasteiger partial charge in [0.25, 0.3) is 0 Å². The maximum absolute atomic E-state index is 6.06. The zero-order chi connectivity index (χ0) is 19.8. The van der Waals surface area contributed by atoms with Crippen molar-refractivity contribution in [1.29, 1.82) is 0 Å². The number of benzene rings is 2. The summed E-state index contributed by atoms with van der Waals surface area (Å²) in [6.07, 6.45) is 5.21. The highest BCUT2D eigenvalue weighted by Gasteiger charge is 2.10. The number of hydrogen-bond donors (Lipinski definition) is 2. The average molecular weight is 401 g/mol. The molecule has 0 amide bonds. The molecule has 142 valence electrons. The van der Waals surface area contributed by atoms with Crippen LogP contribution in [0.2, 0.25) is 5.02 Å². The van der Waals surface area contributed by atoms with Gasteiger partial charge in [-0.25, -0.2) is 15.0 Å². The predicted octanol–water partition coefficient (Wildman–Crippen LogP) is 5.14. The highest BCUT2D eigenvalue weighted by molar-refractivity contribution is 6.31. The van der Waals surface area contributed by atoms with Gasteiger partial charge in [0.1, 0.15) is 18.0 Å². The van der Waals surface area contributed by atoms with Gasteiger partial charge in [0, 0.05) is 28.4 Å². The highest BCUT2D eigenvalue weighted by Crippen LogP contribution is 2.29. The predicted molar refractivity (Wildman–Crippen MR) is 116 cm³/mol. The first-order chi connectivity index (χ1) is 14.2. The monoisotopic (exact) mass is 400 g/mol. The van der Waals surface area contributed by atoms with Gasteiger partial charge >= 0.3 is 0 Å². The van der Waals surface area contributed by atoms with Gasteiger partial charge in [-0.3, -0.25) is 4.98 Å². The third-order valence-corrected chi connectivity index (χ3v) is 5.08. The SMILES string of the molecule is Cc1cc(-c2cccnc2)cc2c(NCc3nc4cc(Cl)ccc4[nH]3)ncnc12. The number of fused-ring (bicyclic) bond motifs is 2. The Morgan fingerprint density at radius 2 is 2.00 bits per heavy atom. The minimum absolute atomic E-state index is 0.509. The number of pyridine rings is 1. The second kappa shape index (κ2) is 7.14. The van der Waals surface area contributed by atoms with E-state index >= 15 is 0 Å². The Morgan fingerprint density at radius 1 is 1.07 bits per heavy atom. The third-order valence-electron chi connectivity index (χ3n) is 4.84. The van der Waals surface area contributed by atoms with Crippen LogP contribution in [0.15, 0.2) is 61.2 Å². The fraction of sp³-hybridized carbons (Fsp3) is 0.0909. The second-order valence-electron chi connectivity index (χ2n) is 6.85. The molecule has 0 radical (unpaired) electrons. The van der Waals surface area contributed by atoms with Gasteiger partial charge in [-0.15, -0.1) is 0 Å². The van der Waals surface area contributed by atoms with E-state index < -0.39 is 0 Å². The molecule has 0 bridgehead atoms. The van der Waals surface area contributed by atoms with Crippen molar-refractivity contribution in [2.24, 2.45) is 0 Å². The molecule has 3 aromatic heterocycles. The van der Waals surface area contributed by atoms with Crippen molar-refractivity contribution in [3.8, 4) is 11.1 Å². The van der Waals surface area contributed by atoms with Crippen LogP contribution in [-0.4, -0.2) is 24.9 Å². The Bertz CT molecular complexity index is 1330. The summed E-state index contributed by atoms with van der Waals surface area (Å²) in [5, 5.41) is 5.03. The van der Waals surface area contributed by atoms with Crippen LogP contribution in [0.4, 0.5) is 5.82 Å². The molecule has 0 fully saturated rings. The van der Waals surface area contributed by atoms with Gasteiger partial charge in [0.2, 0.25) is 0 Å². The second-order valence-corrected chi connectivity index (χ2v) is 7.29. The lowest BCUT2D eigenvalue weighted by Gasteiger charge is -2.11. The van der Waals surface area contributed by atoms with Crippen molar-refractivity contribution in [2.75, 3.05) is 5.32 Å². The van der Waals surface area contributed by atoms with Crippen molar-refractivity contribution < 1.29 is 0 Å². The number of rotatable bonds is 4. The lowest BCUT2D eigenvalue weighted by atomic mass is 10.0. The summed E-state index contributed by atoms with van der Waals surface area (Å²) in [4.78, 5) is 21.1. The lowest BCUT2D eigenvalue weighted by molar-refractivity contribution is 0.997. The summed E-state index contributed by atoms with van der Waals surface area (Å²) in [6.45, 7) is 2.57. The van der Waals surface area contributed by atoms with Gasteiger partial charge in [0.05, 0.1) is 23.1 Å². The fourth-order valence-corrected chi connectivity index (χ4v) is 3.64. The van der Waals surface area contributed by atoms with E-state index in [9.17, 15) is 0 Å². The van der Waals surface area contributed by atoms with Crippen molar-refractivity contribution in [3.63, 3.8) is 0 Å². The maximum Gasteiger partial charge on any atom is 0.137 e. The molecule has 0 spiro atoms. The molecule has 0 saturated carbocycles. The molecule has 29 heavy (non-hydrogen) atoms. The van der Waals surface area contributed by atoms with E-state index in [1.165, 1.54) is 0 Å². The highest BCUT2D eigenvalue weighted by atomic mass is 35.5. The van der Waals surface area contributed by atoms with Gasteiger partial charge in [-0.05, 0) is 54.4 Å². The van der Waals surface area contributed by atoms with E-state index in [1.54, 1.807) is 12.5 Å². The summed E-state index contributed by atoms with van der Waals surface area (Å²) in [7, 11) is 0. The van der Waals surface area contributed by atoms with Crippen LogP contribution in [-0.2, 0) is 6.54 Å². The Hall–Kier alpha value is -3.51. The van der Waals surface area contributed by atoms with Crippen LogP contribution in [0, 0.1) is 6.92 Å². The molecule has 0 aliphatic heterocycles. The zero-order valence-corrected chi connectivity index (χ0v) is 16.4. The molecule has 2 N–H and O–H groups in total. The minimum Gasteiger partial charge on any atom is -0.362 e. The molecule has 0 atom stereocenters. The van der Waals surface area contributed by atoms with Crippen LogP contribution < -0.4 is 5.32 Å². The molecular weight excluding hydrogens is 384 g/mol. The Morgan fingerprint density at radius 3 is 2.86 bits per heavy atom. The van der Waals surface area contributed by atoms with Crippen LogP contribution in [0.3, 0.4) is 0 Å². The standard InChI is InChI=1S/C22H17ClN6/c1-13-7-15(14-3-2-6-24-10-14)8-17-21(13)26-12-27-22(17)25-11-20-28-18-5-4-16(23)9-19(18)29-20/h2-10,12H,11H2,1H3,(H,28,29)(H,25,26,27). The van der Waals surface area contributed by atoms with E-state index in [-0.39, 0.29) is 0 Å². The van der Waals surface area contributed by atoms with Crippen LogP contribution in [0.25, 0.3) is 33.1 Å². The fourth-order valence-electron chi connectivity index (χ4n) is 3.47. The molecule has 0 unspecified atom stereocenters. The smallest absolute Gasteiger partial charge is 0.137 e. The number of hydrogen-bond acceptors (Lipinski definition) is 5. The lowest BCUT2D eigenvalue weighted by Crippen LogP contribution is -2.04. The van der Waals surface area contributed by atoms with Crippen LogP contribution >= 0.6 is 11.6 Å². The van der Waals surface area contributed by atoms with Gasteiger partial charge in [-0.1, -0.05) is 17.7 Å². The number of aromatic amines is 1. The minimum atomic E-state index is 0.509. The van der Waals surface area contributed by atoms with E-state index in [0.717, 1.165) is 50.3 Å². The maximum atomic E-state index is 6.06. The molecule has 6 nitrogen and oxygen atoms in total. The van der Waals surface area contributed by atoms with Crippen LogP contribution in [0.1, 0.15) is 11.4 Å². The van der Waals surface area contributed by atoms with E-state index in [4.69, 9.17) is 11.6 Å². The molecular formula is C22H17ClN6. The largest absolute Gasteiger partial charge is 0.362 e. The first-order valence-electron chi connectivity index (χ1n) is 9.21. The number of H-pyrrole nitrogens is 1. The summed E-state index contributed by atoms with van der Waals surface area (Å²) in [5.74, 6) is 1.58. The third kappa shape index (κ3) is 3.39. The zero-order valence-electron chi connectivity index (χ0n) is 15.6. The van der Waals surface area contributed by atoms with Crippen molar-refractivity contribution in [1.82, 2.24) is 24.9 Å². The number of nitrogens with one attached hydrogen (secondary N) is 2. The van der Waals surface area contributed by atoms with Crippen molar-refractivity contribution in [2.45, 2.75) is 13.5 Å². The first-order valence-corrected chi connectivity index (χ1v) is 9.59. The summed E-state index contributed by atoms with van der Waals surface area (Å²) in [5.41, 5.74) is 5.95. The number of nitrogens with zero attached hydrogens (tertiary/aromatic N) is 4. The van der Waals surface area contributed by atoms with Gasteiger partial charge < -0.3 is 10.3 Å². The van der Waals surface area contributed by atoms with Gasteiger partial charge in [0.15, 0.2) is 0 Å². The molecule has 0 saturated heterocycles. The molecule has 2 aromatic carbocycles. The summed E-state index contributed by atoms with van der Waals surface area (Å²) in [6, 6.07) is 13.8. The molecule has 7 heteroatoms.